The summed E-state index contributed by atoms with van der Waals surface area (Å²) in [4.78, 5) is 4.04. The van der Waals surface area contributed by atoms with Crippen LogP contribution in [0.15, 0.2) is 10.7 Å². The van der Waals surface area contributed by atoms with Crippen molar-refractivity contribution in [2.24, 2.45) is 0 Å². The third-order valence-electron chi connectivity index (χ3n) is 1.10. The van der Waals surface area contributed by atoms with E-state index in [-0.39, 0.29) is 0 Å². The van der Waals surface area contributed by atoms with Crippen LogP contribution in [0, 0.1) is 19.9 Å². The van der Waals surface area contributed by atoms with Gasteiger partial charge in [0.25, 0.3) is 0 Å². The molecule has 0 saturated carbocycles. The van der Waals surface area contributed by atoms with E-state index < -0.39 is 0 Å². The summed E-state index contributed by atoms with van der Waals surface area (Å²) in [5.74, 6) is 0. The molecule has 0 aliphatic heterocycles. The molecule has 0 aliphatic carbocycles. The van der Waals surface area contributed by atoms with Crippen molar-refractivity contribution in [1.82, 2.24) is 4.98 Å². The molecule has 2 heteroatoms. The number of pyridine rings is 1. The normalized spacial score (nSPS) is 9.67. The molecular weight excluding hydrogens is 178 g/mol. The first-order chi connectivity index (χ1) is 4.20. The molecule has 1 aromatic heterocycles. The number of hydrogen-bond donors (Lipinski definition) is 0. The van der Waals surface area contributed by atoms with Crippen molar-refractivity contribution >= 4 is 15.9 Å². The van der Waals surface area contributed by atoms with Crippen LogP contribution in [0.3, 0.4) is 0 Å². The fraction of sp³-hybridized carbons (Fsp3) is 0.286. The van der Waals surface area contributed by atoms with Gasteiger partial charge >= 0.3 is 0 Å². The van der Waals surface area contributed by atoms with E-state index in [1.165, 1.54) is 0 Å². The van der Waals surface area contributed by atoms with Gasteiger partial charge in [-0.05, 0) is 35.3 Å². The Morgan fingerprint density at radius 2 is 2.22 bits per heavy atom. The molecule has 9 heavy (non-hydrogen) atoms. The number of aromatic nitrogens is 1. The van der Waals surface area contributed by atoms with Gasteiger partial charge < -0.3 is 0 Å². The first-order valence-corrected chi connectivity index (χ1v) is 3.50. The Morgan fingerprint density at radius 1 is 1.56 bits per heavy atom. The Balaban J connectivity index is 3.17. The summed E-state index contributed by atoms with van der Waals surface area (Å²) in [6.45, 7) is 3.93. The second-order valence-corrected chi connectivity index (χ2v) is 2.80. The van der Waals surface area contributed by atoms with Crippen LogP contribution in [-0.2, 0) is 0 Å². The number of nitrogens with zero attached hydrogens (tertiary/aromatic N) is 1. The molecule has 47 valence electrons. The second kappa shape index (κ2) is 2.48. The second-order valence-electron chi connectivity index (χ2n) is 1.94. The number of hydrogen-bond acceptors (Lipinski definition) is 1. The smallest absolute Gasteiger partial charge is 0.0455 e. The number of rotatable bonds is 0. The molecule has 0 bridgehead atoms. The summed E-state index contributed by atoms with van der Waals surface area (Å²) in [7, 11) is 0. The Labute approximate surface area is 63.2 Å². The monoisotopic (exact) mass is 184 g/mol. The summed E-state index contributed by atoms with van der Waals surface area (Å²) in [5.41, 5.74) is 2.05. The van der Waals surface area contributed by atoms with Gasteiger partial charge in [0.1, 0.15) is 0 Å². The molecule has 0 aromatic carbocycles. The SMILES string of the molecule is Cc1[c]c(C)c(Br)cn1. The highest BCUT2D eigenvalue weighted by Crippen LogP contribution is 2.12. The molecule has 1 radical (unpaired) electrons. The molecule has 0 saturated heterocycles. The summed E-state index contributed by atoms with van der Waals surface area (Å²) in [6, 6.07) is 3.08. The largest absolute Gasteiger partial charge is 0.260 e. The van der Waals surface area contributed by atoms with Gasteiger partial charge in [-0.1, -0.05) is 0 Å². The van der Waals surface area contributed by atoms with Crippen LogP contribution in [-0.4, -0.2) is 4.98 Å². The number of halogens is 1. The maximum absolute atomic E-state index is 4.04. The highest BCUT2D eigenvalue weighted by molar-refractivity contribution is 9.10. The Bertz CT molecular complexity index is 220. The molecule has 0 atom stereocenters. The van der Waals surface area contributed by atoms with Crippen LogP contribution in [0.4, 0.5) is 0 Å². The first kappa shape index (κ1) is 6.75. The highest BCUT2D eigenvalue weighted by atomic mass is 79.9. The Morgan fingerprint density at radius 3 is 2.67 bits per heavy atom. The van der Waals surface area contributed by atoms with E-state index in [1.807, 2.05) is 13.8 Å². The lowest BCUT2D eigenvalue weighted by Gasteiger charge is -1.95. The van der Waals surface area contributed by atoms with E-state index in [0.29, 0.717) is 0 Å². The Kier molecular flexibility index (Phi) is 1.86. The molecule has 0 aliphatic rings. The molecule has 1 aromatic rings. The molecule has 0 unspecified atom stereocenters. The van der Waals surface area contributed by atoms with Gasteiger partial charge in [-0.2, -0.15) is 0 Å². The van der Waals surface area contributed by atoms with E-state index in [1.54, 1.807) is 6.20 Å². The fourth-order valence-electron chi connectivity index (χ4n) is 0.614. The zero-order valence-corrected chi connectivity index (χ0v) is 6.99. The van der Waals surface area contributed by atoms with E-state index in [0.717, 1.165) is 15.7 Å². The van der Waals surface area contributed by atoms with E-state index in [4.69, 9.17) is 0 Å². The quantitative estimate of drug-likeness (QED) is 0.604. The van der Waals surface area contributed by atoms with Gasteiger partial charge in [0.05, 0.1) is 0 Å². The lowest BCUT2D eigenvalue weighted by atomic mass is 10.3. The van der Waals surface area contributed by atoms with Gasteiger partial charge in [0.2, 0.25) is 0 Å². The van der Waals surface area contributed by atoms with Crippen molar-refractivity contribution in [2.75, 3.05) is 0 Å². The van der Waals surface area contributed by atoms with Crippen LogP contribution in [0.2, 0.25) is 0 Å². The predicted octanol–water partition coefficient (Wildman–Crippen LogP) is 2.26. The summed E-state index contributed by atoms with van der Waals surface area (Å²) >= 11 is 3.34. The molecular formula is C7H7BrN. The van der Waals surface area contributed by atoms with Gasteiger partial charge in [0, 0.05) is 22.4 Å². The zero-order valence-electron chi connectivity index (χ0n) is 5.40. The fourth-order valence-corrected chi connectivity index (χ4v) is 0.815. The van der Waals surface area contributed by atoms with Gasteiger partial charge in [-0.25, -0.2) is 0 Å². The van der Waals surface area contributed by atoms with Crippen LogP contribution >= 0.6 is 15.9 Å². The van der Waals surface area contributed by atoms with Crippen molar-refractivity contribution in [2.45, 2.75) is 13.8 Å². The number of aryl methyl sites for hydroxylation is 2. The third kappa shape index (κ3) is 1.52. The maximum Gasteiger partial charge on any atom is 0.0455 e. The topological polar surface area (TPSA) is 12.9 Å². The van der Waals surface area contributed by atoms with Crippen LogP contribution < -0.4 is 0 Å². The average Bonchev–Trinajstić information content (AvgIpc) is 1.80. The highest BCUT2D eigenvalue weighted by Gasteiger charge is 1.92. The Hall–Kier alpha value is -0.370. The zero-order chi connectivity index (χ0) is 6.85. The van der Waals surface area contributed by atoms with Gasteiger partial charge in [-0.15, -0.1) is 0 Å². The van der Waals surface area contributed by atoms with Crippen molar-refractivity contribution in [1.29, 1.82) is 0 Å². The minimum Gasteiger partial charge on any atom is -0.260 e. The summed E-state index contributed by atoms with van der Waals surface area (Å²) in [5, 5.41) is 0. The molecule has 0 amide bonds. The average molecular weight is 185 g/mol. The third-order valence-corrected chi connectivity index (χ3v) is 1.90. The van der Waals surface area contributed by atoms with E-state index in [9.17, 15) is 0 Å². The maximum atomic E-state index is 4.04. The summed E-state index contributed by atoms with van der Waals surface area (Å²) < 4.78 is 1.02. The van der Waals surface area contributed by atoms with Gasteiger partial charge in [-0.3, -0.25) is 4.98 Å². The molecule has 1 heterocycles. The van der Waals surface area contributed by atoms with Crippen LogP contribution in [0.5, 0.6) is 0 Å². The van der Waals surface area contributed by atoms with Crippen molar-refractivity contribution < 1.29 is 0 Å². The first-order valence-electron chi connectivity index (χ1n) is 2.71. The minimum absolute atomic E-state index is 0.940. The molecule has 1 nitrogen and oxygen atoms in total. The van der Waals surface area contributed by atoms with E-state index in [2.05, 4.69) is 27.0 Å². The van der Waals surface area contributed by atoms with Crippen molar-refractivity contribution in [3.63, 3.8) is 0 Å². The lowest BCUT2D eigenvalue weighted by molar-refractivity contribution is 1.15. The molecule has 1 rings (SSSR count). The minimum atomic E-state index is 0.940. The van der Waals surface area contributed by atoms with E-state index >= 15 is 0 Å². The van der Waals surface area contributed by atoms with Gasteiger partial charge in [0.15, 0.2) is 0 Å². The predicted molar refractivity (Wildman–Crippen MR) is 40.2 cm³/mol. The molecule has 0 fully saturated rings. The van der Waals surface area contributed by atoms with Crippen molar-refractivity contribution in [3.8, 4) is 0 Å². The van der Waals surface area contributed by atoms with Crippen LogP contribution in [0.1, 0.15) is 11.3 Å². The lowest BCUT2D eigenvalue weighted by Crippen LogP contribution is -1.83. The molecule has 0 N–H and O–H groups in total. The summed E-state index contributed by atoms with van der Waals surface area (Å²) in [6.07, 6.45) is 1.79. The van der Waals surface area contributed by atoms with Crippen molar-refractivity contribution in [3.05, 3.63) is 28.0 Å². The molecule has 0 spiro atoms. The standard InChI is InChI=1S/C7H7BrN/c1-5-3-6(2)9-4-7(5)8/h4H,1-2H3. The van der Waals surface area contributed by atoms with Crippen LogP contribution in [0.25, 0.3) is 0 Å².